The van der Waals surface area contributed by atoms with E-state index in [2.05, 4.69) is 15.4 Å². The molecule has 1 atom stereocenters. The third kappa shape index (κ3) is 3.46. The summed E-state index contributed by atoms with van der Waals surface area (Å²) in [7, 11) is 0. The van der Waals surface area contributed by atoms with Crippen LogP contribution in [0.25, 0.3) is 16.4 Å². The van der Waals surface area contributed by atoms with E-state index < -0.39 is 12.0 Å². The highest BCUT2D eigenvalue weighted by molar-refractivity contribution is 7.13. The molecule has 2 N–H and O–H groups in total. The zero-order valence-corrected chi connectivity index (χ0v) is 13.3. The van der Waals surface area contributed by atoms with Crippen molar-refractivity contribution in [2.45, 2.75) is 13.0 Å². The van der Waals surface area contributed by atoms with Gasteiger partial charge in [0.05, 0.1) is 16.7 Å². The molecule has 118 valence electrons. The molecule has 3 rings (SSSR count). The fourth-order valence-electron chi connectivity index (χ4n) is 2.04. The van der Waals surface area contributed by atoms with Gasteiger partial charge in [-0.15, -0.1) is 16.4 Å². The monoisotopic (exact) mass is 328 g/mol. The van der Waals surface area contributed by atoms with E-state index in [-0.39, 0.29) is 12.4 Å². The topological polar surface area (TPSA) is 80.0 Å². The molecule has 0 saturated heterocycles. The first-order valence-electron chi connectivity index (χ1n) is 7.18. The Morgan fingerprint density at radius 3 is 2.74 bits per heavy atom. The molecule has 1 amide bonds. The molecule has 0 bridgehead atoms. The average molecular weight is 328 g/mol. The quantitative estimate of drug-likeness (QED) is 0.752. The van der Waals surface area contributed by atoms with Crippen LogP contribution in [0, 0.1) is 0 Å². The van der Waals surface area contributed by atoms with Crippen molar-refractivity contribution in [1.29, 1.82) is 0 Å². The number of aliphatic hydroxyl groups is 1. The van der Waals surface area contributed by atoms with Gasteiger partial charge in [0.15, 0.2) is 5.82 Å². The number of aromatic nitrogens is 3. The smallest absolute Gasteiger partial charge is 0.291 e. The van der Waals surface area contributed by atoms with Gasteiger partial charge in [-0.25, -0.2) is 9.67 Å². The first-order chi connectivity index (χ1) is 11.1. The summed E-state index contributed by atoms with van der Waals surface area (Å²) < 4.78 is 1.66. The molecule has 0 fully saturated rings. The van der Waals surface area contributed by atoms with Crippen LogP contribution >= 0.6 is 11.3 Å². The first kappa shape index (κ1) is 15.4. The van der Waals surface area contributed by atoms with E-state index in [0.29, 0.717) is 5.82 Å². The number of aliphatic hydroxyl groups excluding tert-OH is 1. The number of hydrogen-bond donors (Lipinski definition) is 2. The summed E-state index contributed by atoms with van der Waals surface area (Å²) >= 11 is 1.53. The molecule has 0 aliphatic heterocycles. The minimum absolute atomic E-state index is 0.0814. The molecule has 1 unspecified atom stereocenters. The van der Waals surface area contributed by atoms with Crippen LogP contribution in [-0.4, -0.2) is 38.4 Å². The lowest BCUT2D eigenvalue weighted by molar-refractivity contribution is 0.0914. The van der Waals surface area contributed by atoms with Crippen molar-refractivity contribution in [3.05, 3.63) is 53.7 Å². The van der Waals surface area contributed by atoms with Gasteiger partial charge in [0.2, 0.25) is 5.82 Å². The Morgan fingerprint density at radius 1 is 1.30 bits per heavy atom. The van der Waals surface area contributed by atoms with Crippen LogP contribution in [0.2, 0.25) is 0 Å². The summed E-state index contributed by atoms with van der Waals surface area (Å²) in [6.07, 6.45) is -0.619. The Morgan fingerprint density at radius 2 is 2.09 bits per heavy atom. The van der Waals surface area contributed by atoms with E-state index in [9.17, 15) is 9.90 Å². The summed E-state index contributed by atoms with van der Waals surface area (Å²) in [5.74, 6) is 0.296. The van der Waals surface area contributed by atoms with Gasteiger partial charge in [-0.2, -0.15) is 0 Å². The Hall–Kier alpha value is -2.51. The highest BCUT2D eigenvalue weighted by Crippen LogP contribution is 2.25. The first-order valence-corrected chi connectivity index (χ1v) is 8.06. The molecule has 1 aromatic carbocycles. The van der Waals surface area contributed by atoms with Gasteiger partial charge < -0.3 is 10.4 Å². The molecule has 0 aliphatic carbocycles. The van der Waals surface area contributed by atoms with Crippen molar-refractivity contribution >= 4 is 17.2 Å². The number of nitrogens with zero attached hydrogens (tertiary/aromatic N) is 3. The summed E-state index contributed by atoms with van der Waals surface area (Å²) in [5.41, 5.74) is 0.831. The van der Waals surface area contributed by atoms with Gasteiger partial charge in [0, 0.05) is 6.54 Å². The summed E-state index contributed by atoms with van der Waals surface area (Å²) in [5, 5.41) is 18.2. The molecule has 0 aliphatic rings. The highest BCUT2D eigenvalue weighted by Gasteiger charge is 2.19. The van der Waals surface area contributed by atoms with Gasteiger partial charge in [0.25, 0.3) is 5.91 Å². The number of rotatable bonds is 5. The maximum Gasteiger partial charge on any atom is 0.291 e. The Bertz CT molecular complexity index is 782. The van der Waals surface area contributed by atoms with Gasteiger partial charge in [-0.1, -0.05) is 24.3 Å². The molecule has 6 nitrogen and oxygen atoms in total. The summed E-state index contributed by atoms with van der Waals surface area (Å²) in [6, 6.07) is 13.4. The molecular formula is C16H16N4O2S. The molecule has 2 heterocycles. The van der Waals surface area contributed by atoms with Crippen LogP contribution in [0.4, 0.5) is 0 Å². The second kappa shape index (κ2) is 6.72. The minimum atomic E-state index is -0.619. The van der Waals surface area contributed by atoms with Gasteiger partial charge in [-0.3, -0.25) is 4.79 Å². The van der Waals surface area contributed by atoms with Crippen LogP contribution in [0.3, 0.4) is 0 Å². The second-order valence-electron chi connectivity index (χ2n) is 5.04. The second-order valence-corrected chi connectivity index (χ2v) is 5.99. The number of amides is 1. The average Bonchev–Trinajstić information content (AvgIpc) is 3.22. The molecule has 7 heteroatoms. The third-order valence-electron chi connectivity index (χ3n) is 3.11. The van der Waals surface area contributed by atoms with Crippen LogP contribution in [0.5, 0.6) is 0 Å². The van der Waals surface area contributed by atoms with Crippen LogP contribution in [0.15, 0.2) is 47.8 Å². The third-order valence-corrected chi connectivity index (χ3v) is 3.98. The number of carbonyl (C=O) groups excluding carboxylic acids is 1. The number of hydrogen-bond acceptors (Lipinski definition) is 5. The molecule has 2 aromatic heterocycles. The molecule has 23 heavy (non-hydrogen) atoms. The van der Waals surface area contributed by atoms with Crippen molar-refractivity contribution < 1.29 is 9.90 Å². The van der Waals surface area contributed by atoms with Gasteiger partial charge in [0.1, 0.15) is 0 Å². The van der Waals surface area contributed by atoms with Crippen molar-refractivity contribution in [3.8, 4) is 16.4 Å². The molecular weight excluding hydrogens is 312 g/mol. The number of nitrogens with one attached hydrogen (secondary N) is 1. The Kier molecular flexibility index (Phi) is 4.50. The number of thiophene rings is 1. The number of carbonyl (C=O) groups is 1. The zero-order chi connectivity index (χ0) is 16.2. The fraction of sp³-hybridized carbons (Fsp3) is 0.188. The number of benzene rings is 1. The van der Waals surface area contributed by atoms with Crippen LogP contribution in [-0.2, 0) is 0 Å². The van der Waals surface area contributed by atoms with E-state index in [1.165, 1.54) is 11.3 Å². The van der Waals surface area contributed by atoms with E-state index in [4.69, 9.17) is 0 Å². The normalized spacial score (nSPS) is 12.1. The molecule has 3 aromatic rings. The van der Waals surface area contributed by atoms with Crippen LogP contribution in [0.1, 0.15) is 17.5 Å². The zero-order valence-electron chi connectivity index (χ0n) is 12.5. The van der Waals surface area contributed by atoms with E-state index in [0.717, 1.165) is 10.6 Å². The molecule has 0 radical (unpaired) electrons. The van der Waals surface area contributed by atoms with Gasteiger partial charge >= 0.3 is 0 Å². The fourth-order valence-corrected chi connectivity index (χ4v) is 2.74. The molecule has 0 saturated carbocycles. The standard InChI is InChI=1S/C16H16N4O2S/c1-11(21)10-17-16(22)14-18-15(13-8-5-9-23-13)20(19-14)12-6-3-2-4-7-12/h2-9,11,21H,10H2,1H3,(H,17,22). The Labute approximate surface area is 137 Å². The van der Waals surface area contributed by atoms with Gasteiger partial charge in [-0.05, 0) is 30.5 Å². The minimum Gasteiger partial charge on any atom is -0.392 e. The summed E-state index contributed by atoms with van der Waals surface area (Å²) in [6.45, 7) is 1.76. The maximum atomic E-state index is 12.2. The van der Waals surface area contributed by atoms with Crippen molar-refractivity contribution in [2.24, 2.45) is 0 Å². The van der Waals surface area contributed by atoms with Crippen molar-refractivity contribution in [1.82, 2.24) is 20.1 Å². The van der Waals surface area contributed by atoms with E-state index in [1.807, 2.05) is 47.8 Å². The summed E-state index contributed by atoms with van der Waals surface area (Å²) in [4.78, 5) is 17.5. The van der Waals surface area contributed by atoms with Crippen LogP contribution < -0.4 is 5.32 Å². The van der Waals surface area contributed by atoms with E-state index >= 15 is 0 Å². The predicted octanol–water partition coefficient (Wildman–Crippen LogP) is 2.11. The number of para-hydroxylation sites is 1. The maximum absolute atomic E-state index is 12.2. The Balaban J connectivity index is 1.99. The van der Waals surface area contributed by atoms with Crippen molar-refractivity contribution in [3.63, 3.8) is 0 Å². The van der Waals surface area contributed by atoms with Crippen molar-refractivity contribution in [2.75, 3.05) is 6.54 Å². The lowest BCUT2D eigenvalue weighted by Gasteiger charge is -2.04. The van der Waals surface area contributed by atoms with E-state index in [1.54, 1.807) is 11.6 Å². The predicted molar refractivity (Wildman–Crippen MR) is 88.7 cm³/mol. The molecule has 0 spiro atoms. The SMILES string of the molecule is CC(O)CNC(=O)c1nc(-c2cccs2)n(-c2ccccc2)n1. The highest BCUT2D eigenvalue weighted by atomic mass is 32.1. The largest absolute Gasteiger partial charge is 0.392 e. The lowest BCUT2D eigenvalue weighted by Crippen LogP contribution is -2.31. The lowest BCUT2D eigenvalue weighted by atomic mass is 10.3.